The van der Waals surface area contributed by atoms with Gasteiger partial charge in [0.15, 0.2) is 0 Å². The largest absolute Gasteiger partial charge is 0.382 e. The molecule has 2 atom stereocenters. The highest BCUT2D eigenvalue weighted by Crippen LogP contribution is 2.22. The Balaban J connectivity index is 2.68. The fourth-order valence-corrected chi connectivity index (χ4v) is 2.05. The summed E-state index contributed by atoms with van der Waals surface area (Å²) < 4.78 is 5.33. The van der Waals surface area contributed by atoms with Gasteiger partial charge in [-0.05, 0) is 56.8 Å². The van der Waals surface area contributed by atoms with Gasteiger partial charge in [-0.2, -0.15) is 0 Å². The Morgan fingerprint density at radius 2 is 2.17 bits per heavy atom. The molecule has 1 rings (SSSR count). The molecule has 0 aliphatic heterocycles. The first-order valence-electron chi connectivity index (χ1n) is 6.85. The lowest BCUT2D eigenvalue weighted by molar-refractivity contribution is 0.106. The van der Waals surface area contributed by atoms with E-state index >= 15 is 0 Å². The Bertz CT molecular complexity index is 341. The van der Waals surface area contributed by atoms with E-state index < -0.39 is 0 Å². The maximum absolute atomic E-state index is 5.33. The quantitative estimate of drug-likeness (QED) is 0.769. The van der Waals surface area contributed by atoms with Gasteiger partial charge in [-0.1, -0.05) is 6.92 Å². The van der Waals surface area contributed by atoms with Crippen LogP contribution in [-0.2, 0) is 4.74 Å². The number of hydrogen-bond donors (Lipinski definition) is 1. The van der Waals surface area contributed by atoms with Gasteiger partial charge in [-0.25, -0.2) is 0 Å². The van der Waals surface area contributed by atoms with Gasteiger partial charge in [0.2, 0.25) is 0 Å². The molecule has 0 bridgehead atoms. The highest BCUT2D eigenvalue weighted by atomic mass is 16.5. The standard InChI is InChI=1S/C15H26N2O/c1-5-9-17-15(7-6-13(3)18-4)14-11-16-10-8-12(14)2/h8,10-11,13,15,17H,5-7,9H2,1-4H3. The first-order valence-corrected chi connectivity index (χ1v) is 6.85. The monoisotopic (exact) mass is 250 g/mol. The van der Waals surface area contributed by atoms with Gasteiger partial charge in [0, 0.05) is 25.5 Å². The maximum Gasteiger partial charge on any atom is 0.0543 e. The summed E-state index contributed by atoms with van der Waals surface area (Å²) in [6, 6.07) is 2.46. The van der Waals surface area contributed by atoms with Crippen LogP contribution in [0.15, 0.2) is 18.5 Å². The molecular weight excluding hydrogens is 224 g/mol. The van der Waals surface area contributed by atoms with E-state index in [2.05, 4.69) is 37.1 Å². The lowest BCUT2D eigenvalue weighted by atomic mass is 9.98. The molecule has 0 spiro atoms. The predicted molar refractivity (Wildman–Crippen MR) is 75.7 cm³/mol. The van der Waals surface area contributed by atoms with Gasteiger partial charge in [0.1, 0.15) is 0 Å². The summed E-state index contributed by atoms with van der Waals surface area (Å²) in [5, 5.41) is 3.61. The number of nitrogens with zero attached hydrogens (tertiary/aromatic N) is 1. The van der Waals surface area contributed by atoms with Gasteiger partial charge in [-0.15, -0.1) is 0 Å². The fraction of sp³-hybridized carbons (Fsp3) is 0.667. The lowest BCUT2D eigenvalue weighted by Gasteiger charge is -2.22. The molecule has 1 N–H and O–H groups in total. The van der Waals surface area contributed by atoms with Crippen molar-refractivity contribution in [3.63, 3.8) is 0 Å². The topological polar surface area (TPSA) is 34.1 Å². The van der Waals surface area contributed by atoms with Crippen LogP contribution in [0, 0.1) is 6.92 Å². The van der Waals surface area contributed by atoms with Crippen LogP contribution < -0.4 is 5.32 Å². The Hall–Kier alpha value is -0.930. The molecule has 0 saturated heterocycles. The van der Waals surface area contributed by atoms with E-state index in [1.807, 2.05) is 12.4 Å². The van der Waals surface area contributed by atoms with Crippen LogP contribution in [0.2, 0.25) is 0 Å². The summed E-state index contributed by atoms with van der Waals surface area (Å²) in [6.45, 7) is 7.50. The number of rotatable bonds is 8. The molecule has 1 aromatic heterocycles. The van der Waals surface area contributed by atoms with Crippen molar-refractivity contribution in [2.75, 3.05) is 13.7 Å². The summed E-state index contributed by atoms with van der Waals surface area (Å²) in [6.07, 6.45) is 7.45. The first kappa shape index (κ1) is 15.1. The van der Waals surface area contributed by atoms with E-state index in [1.165, 1.54) is 11.1 Å². The zero-order valence-corrected chi connectivity index (χ0v) is 12.1. The van der Waals surface area contributed by atoms with Crippen LogP contribution in [0.4, 0.5) is 0 Å². The first-order chi connectivity index (χ1) is 8.69. The molecule has 0 amide bonds. The fourth-order valence-electron chi connectivity index (χ4n) is 2.05. The number of aryl methyl sites for hydroxylation is 1. The van der Waals surface area contributed by atoms with Gasteiger partial charge in [0.05, 0.1) is 6.10 Å². The molecule has 18 heavy (non-hydrogen) atoms. The zero-order valence-electron chi connectivity index (χ0n) is 12.1. The van der Waals surface area contributed by atoms with E-state index in [1.54, 1.807) is 7.11 Å². The number of ether oxygens (including phenoxy) is 1. The van der Waals surface area contributed by atoms with Crippen molar-refractivity contribution in [3.8, 4) is 0 Å². The van der Waals surface area contributed by atoms with Gasteiger partial charge in [0.25, 0.3) is 0 Å². The van der Waals surface area contributed by atoms with Crippen LogP contribution in [-0.4, -0.2) is 24.7 Å². The molecule has 3 heteroatoms. The van der Waals surface area contributed by atoms with Crippen molar-refractivity contribution in [2.24, 2.45) is 0 Å². The van der Waals surface area contributed by atoms with E-state index in [0.717, 1.165) is 25.8 Å². The van der Waals surface area contributed by atoms with Gasteiger partial charge in [-0.3, -0.25) is 4.98 Å². The van der Waals surface area contributed by atoms with E-state index in [0.29, 0.717) is 12.1 Å². The minimum Gasteiger partial charge on any atom is -0.382 e. The SMILES string of the molecule is CCCNC(CCC(C)OC)c1cnccc1C. The summed E-state index contributed by atoms with van der Waals surface area (Å²) in [4.78, 5) is 4.25. The Morgan fingerprint density at radius 1 is 1.39 bits per heavy atom. The molecular formula is C15H26N2O. The van der Waals surface area contributed by atoms with Crippen molar-refractivity contribution >= 4 is 0 Å². The lowest BCUT2D eigenvalue weighted by Crippen LogP contribution is -2.24. The number of pyridine rings is 1. The van der Waals surface area contributed by atoms with Crippen LogP contribution >= 0.6 is 0 Å². The zero-order chi connectivity index (χ0) is 13.4. The molecule has 3 nitrogen and oxygen atoms in total. The molecule has 0 fully saturated rings. The van der Waals surface area contributed by atoms with Crippen LogP contribution in [0.5, 0.6) is 0 Å². The van der Waals surface area contributed by atoms with Gasteiger partial charge < -0.3 is 10.1 Å². The Kier molecular flexibility index (Phi) is 6.91. The molecule has 0 saturated carbocycles. The summed E-state index contributed by atoms with van der Waals surface area (Å²) >= 11 is 0. The third-order valence-corrected chi connectivity index (χ3v) is 3.36. The number of aromatic nitrogens is 1. The normalized spacial score (nSPS) is 14.4. The third-order valence-electron chi connectivity index (χ3n) is 3.36. The van der Waals surface area contributed by atoms with Crippen molar-refractivity contribution in [1.82, 2.24) is 10.3 Å². The maximum atomic E-state index is 5.33. The highest BCUT2D eigenvalue weighted by molar-refractivity contribution is 5.25. The second-order valence-electron chi connectivity index (χ2n) is 4.86. The van der Waals surface area contributed by atoms with E-state index in [-0.39, 0.29) is 0 Å². The molecule has 2 unspecified atom stereocenters. The van der Waals surface area contributed by atoms with Crippen molar-refractivity contribution in [2.45, 2.75) is 52.2 Å². The van der Waals surface area contributed by atoms with Crippen LogP contribution in [0.1, 0.15) is 50.3 Å². The molecule has 102 valence electrons. The third kappa shape index (κ3) is 4.75. The highest BCUT2D eigenvalue weighted by Gasteiger charge is 2.14. The summed E-state index contributed by atoms with van der Waals surface area (Å²) in [5.74, 6) is 0. The minimum absolute atomic E-state index is 0.313. The van der Waals surface area contributed by atoms with E-state index in [4.69, 9.17) is 4.74 Å². The summed E-state index contributed by atoms with van der Waals surface area (Å²) in [5.41, 5.74) is 2.62. The molecule has 1 heterocycles. The van der Waals surface area contributed by atoms with Crippen LogP contribution in [0.3, 0.4) is 0 Å². The van der Waals surface area contributed by atoms with Crippen LogP contribution in [0.25, 0.3) is 0 Å². The molecule has 0 aromatic carbocycles. The number of hydrogen-bond acceptors (Lipinski definition) is 3. The average Bonchev–Trinajstić information content (AvgIpc) is 2.39. The molecule has 0 radical (unpaired) electrons. The van der Waals surface area contributed by atoms with Gasteiger partial charge >= 0.3 is 0 Å². The minimum atomic E-state index is 0.313. The predicted octanol–water partition coefficient (Wildman–Crippen LogP) is 3.25. The smallest absolute Gasteiger partial charge is 0.0543 e. The summed E-state index contributed by atoms with van der Waals surface area (Å²) in [7, 11) is 1.77. The average molecular weight is 250 g/mol. The molecule has 1 aromatic rings. The van der Waals surface area contributed by atoms with Crippen molar-refractivity contribution in [1.29, 1.82) is 0 Å². The molecule has 0 aliphatic carbocycles. The second-order valence-corrected chi connectivity index (χ2v) is 4.86. The molecule has 0 aliphatic rings. The van der Waals surface area contributed by atoms with Crippen molar-refractivity contribution < 1.29 is 4.74 Å². The van der Waals surface area contributed by atoms with E-state index in [9.17, 15) is 0 Å². The number of nitrogens with one attached hydrogen (secondary N) is 1. The number of methoxy groups -OCH3 is 1. The van der Waals surface area contributed by atoms with Crippen molar-refractivity contribution in [3.05, 3.63) is 29.6 Å². The Morgan fingerprint density at radius 3 is 2.78 bits per heavy atom. The Labute approximate surface area is 111 Å². The second kappa shape index (κ2) is 8.22.